The average Bonchev–Trinajstić information content (AvgIpc) is 2.33. The van der Waals surface area contributed by atoms with Crippen LogP contribution in [0.25, 0.3) is 10.9 Å². The van der Waals surface area contributed by atoms with Crippen molar-refractivity contribution in [3.05, 3.63) is 39.4 Å². The number of hydrogen-bond acceptors (Lipinski definition) is 3. The van der Waals surface area contributed by atoms with Crippen molar-refractivity contribution in [3.8, 4) is 0 Å². The van der Waals surface area contributed by atoms with Gasteiger partial charge < -0.3 is 5.11 Å². The quantitative estimate of drug-likeness (QED) is 0.939. The molecule has 0 spiro atoms. The molecule has 0 saturated heterocycles. The van der Waals surface area contributed by atoms with E-state index in [4.69, 9.17) is 11.6 Å². The first kappa shape index (κ1) is 14.0. The Bertz CT molecular complexity index is 677. The van der Waals surface area contributed by atoms with Crippen LogP contribution in [0.5, 0.6) is 0 Å². The van der Waals surface area contributed by atoms with Crippen LogP contribution in [0.4, 0.5) is 0 Å². The van der Waals surface area contributed by atoms with E-state index >= 15 is 0 Å². The third-order valence-corrected chi connectivity index (χ3v) is 3.33. The predicted octanol–water partition coefficient (Wildman–Crippen LogP) is 2.38. The Labute approximate surface area is 116 Å². The first-order chi connectivity index (χ1) is 8.84. The van der Waals surface area contributed by atoms with Gasteiger partial charge in [-0.25, -0.2) is 4.98 Å². The van der Waals surface area contributed by atoms with E-state index in [-0.39, 0.29) is 17.6 Å². The molecule has 1 aromatic heterocycles. The number of fused-ring (bicyclic) bond motifs is 1. The molecule has 1 N–H and O–H groups in total. The van der Waals surface area contributed by atoms with Crippen LogP contribution < -0.4 is 5.56 Å². The summed E-state index contributed by atoms with van der Waals surface area (Å²) in [5.74, 6) is 0. The zero-order valence-corrected chi connectivity index (χ0v) is 12.0. The monoisotopic (exact) mass is 280 g/mol. The number of hydrogen-bond donors (Lipinski definition) is 1. The summed E-state index contributed by atoms with van der Waals surface area (Å²) in [4.78, 5) is 16.7. The van der Waals surface area contributed by atoms with Crippen LogP contribution in [0.3, 0.4) is 0 Å². The maximum atomic E-state index is 12.4. The van der Waals surface area contributed by atoms with Crippen LogP contribution in [0.2, 0.25) is 5.02 Å². The van der Waals surface area contributed by atoms with E-state index in [2.05, 4.69) is 4.98 Å². The normalized spacial score (nSPS) is 12.1. The lowest BCUT2D eigenvalue weighted by Crippen LogP contribution is -2.31. The van der Waals surface area contributed by atoms with Gasteiger partial charge in [0, 0.05) is 23.6 Å². The van der Waals surface area contributed by atoms with Gasteiger partial charge in [-0.2, -0.15) is 0 Å². The number of nitrogens with zero attached hydrogens (tertiary/aromatic N) is 2. The van der Waals surface area contributed by atoms with Crippen molar-refractivity contribution in [1.29, 1.82) is 0 Å². The minimum Gasteiger partial charge on any atom is -0.396 e. The van der Waals surface area contributed by atoms with E-state index in [9.17, 15) is 9.90 Å². The highest BCUT2D eigenvalue weighted by Crippen LogP contribution is 2.20. The van der Waals surface area contributed by atoms with Crippen molar-refractivity contribution >= 4 is 22.5 Å². The van der Waals surface area contributed by atoms with E-state index < -0.39 is 0 Å². The summed E-state index contributed by atoms with van der Waals surface area (Å²) in [5, 5.41) is 10.3. The Morgan fingerprint density at radius 3 is 2.74 bits per heavy atom. The molecule has 1 heterocycles. The number of aryl methyl sites for hydroxylation is 1. The molecule has 5 heteroatoms. The number of aliphatic hydroxyl groups excluding tert-OH is 1. The van der Waals surface area contributed by atoms with E-state index in [0.29, 0.717) is 22.5 Å². The fourth-order valence-electron chi connectivity index (χ4n) is 2.03. The number of aliphatic hydroxyl groups is 1. The number of benzene rings is 1. The second-order valence-corrected chi connectivity index (χ2v) is 6.06. The Morgan fingerprint density at radius 1 is 1.42 bits per heavy atom. The summed E-state index contributed by atoms with van der Waals surface area (Å²) in [6.45, 7) is 6.09. The van der Waals surface area contributed by atoms with Gasteiger partial charge in [0.2, 0.25) is 0 Å². The van der Waals surface area contributed by atoms with E-state index in [1.165, 1.54) is 10.9 Å². The Kier molecular flexibility index (Phi) is 3.65. The fraction of sp³-hybridized carbons (Fsp3) is 0.429. The van der Waals surface area contributed by atoms with E-state index in [1.807, 2.05) is 20.8 Å². The van der Waals surface area contributed by atoms with E-state index in [1.54, 1.807) is 12.1 Å². The molecule has 0 saturated carbocycles. The van der Waals surface area contributed by atoms with Gasteiger partial charge in [-0.3, -0.25) is 9.36 Å². The minimum atomic E-state index is -0.368. The second kappa shape index (κ2) is 4.94. The van der Waals surface area contributed by atoms with Crippen molar-refractivity contribution in [2.75, 3.05) is 6.61 Å². The third-order valence-electron chi connectivity index (χ3n) is 3.11. The summed E-state index contributed by atoms with van der Waals surface area (Å²) < 4.78 is 1.52. The zero-order chi connectivity index (χ0) is 14.2. The molecule has 1 aromatic carbocycles. The molecular formula is C14H17ClN2O2. The molecule has 0 atom stereocenters. The van der Waals surface area contributed by atoms with Gasteiger partial charge in [-0.15, -0.1) is 0 Å². The van der Waals surface area contributed by atoms with Crippen LogP contribution >= 0.6 is 11.6 Å². The first-order valence-electron chi connectivity index (χ1n) is 6.10. The highest BCUT2D eigenvalue weighted by Gasteiger charge is 2.19. The average molecular weight is 281 g/mol. The molecule has 0 fully saturated rings. The smallest absolute Gasteiger partial charge is 0.261 e. The molecule has 102 valence electrons. The minimum absolute atomic E-state index is 0.00600. The summed E-state index contributed by atoms with van der Waals surface area (Å²) in [7, 11) is 0. The lowest BCUT2D eigenvalue weighted by molar-refractivity contribution is 0.139. The lowest BCUT2D eigenvalue weighted by atomic mass is 9.95. The van der Waals surface area contributed by atoms with Gasteiger partial charge in [0.1, 0.15) is 0 Å². The van der Waals surface area contributed by atoms with E-state index in [0.717, 1.165) is 5.56 Å². The van der Waals surface area contributed by atoms with Crippen molar-refractivity contribution in [1.82, 2.24) is 9.55 Å². The standard InChI is InChI=1S/C14H17ClN2O2/c1-9-4-10(15)5-11-12(9)16-8-17(13(11)19)6-14(2,3)7-18/h4-5,8,18H,6-7H2,1-3H3. The number of halogens is 1. The summed E-state index contributed by atoms with van der Waals surface area (Å²) in [6, 6.07) is 3.43. The van der Waals surface area contributed by atoms with Gasteiger partial charge in [-0.05, 0) is 24.6 Å². The molecule has 2 rings (SSSR count). The third kappa shape index (κ3) is 2.80. The molecule has 0 aliphatic heterocycles. The Balaban J connectivity index is 2.61. The molecule has 0 aliphatic carbocycles. The summed E-state index contributed by atoms with van der Waals surface area (Å²) in [6.07, 6.45) is 1.53. The molecular weight excluding hydrogens is 264 g/mol. The molecule has 0 bridgehead atoms. The maximum absolute atomic E-state index is 12.4. The number of rotatable bonds is 3. The summed E-state index contributed by atoms with van der Waals surface area (Å²) in [5.41, 5.74) is 1.06. The molecule has 0 radical (unpaired) electrons. The van der Waals surface area contributed by atoms with Gasteiger partial charge >= 0.3 is 0 Å². The van der Waals surface area contributed by atoms with Crippen LogP contribution in [0.15, 0.2) is 23.3 Å². The first-order valence-corrected chi connectivity index (χ1v) is 6.48. The van der Waals surface area contributed by atoms with Crippen molar-refractivity contribution in [2.24, 2.45) is 5.41 Å². The summed E-state index contributed by atoms with van der Waals surface area (Å²) >= 11 is 5.99. The Hall–Kier alpha value is -1.39. The zero-order valence-electron chi connectivity index (χ0n) is 11.3. The Morgan fingerprint density at radius 2 is 2.11 bits per heavy atom. The van der Waals surface area contributed by atoms with Crippen LogP contribution in [-0.2, 0) is 6.54 Å². The van der Waals surface area contributed by atoms with Gasteiger partial charge in [-0.1, -0.05) is 25.4 Å². The maximum Gasteiger partial charge on any atom is 0.261 e. The fourth-order valence-corrected chi connectivity index (χ4v) is 2.30. The van der Waals surface area contributed by atoms with Gasteiger partial charge in [0.15, 0.2) is 0 Å². The van der Waals surface area contributed by atoms with Crippen LogP contribution in [-0.4, -0.2) is 21.3 Å². The van der Waals surface area contributed by atoms with Crippen molar-refractivity contribution in [2.45, 2.75) is 27.3 Å². The van der Waals surface area contributed by atoms with Crippen LogP contribution in [0.1, 0.15) is 19.4 Å². The molecule has 4 nitrogen and oxygen atoms in total. The molecule has 0 unspecified atom stereocenters. The topological polar surface area (TPSA) is 55.1 Å². The highest BCUT2D eigenvalue weighted by atomic mass is 35.5. The highest BCUT2D eigenvalue weighted by molar-refractivity contribution is 6.31. The molecule has 19 heavy (non-hydrogen) atoms. The predicted molar refractivity (Wildman–Crippen MR) is 76.6 cm³/mol. The largest absolute Gasteiger partial charge is 0.396 e. The van der Waals surface area contributed by atoms with Crippen LogP contribution in [0, 0.1) is 12.3 Å². The lowest BCUT2D eigenvalue weighted by Gasteiger charge is -2.22. The van der Waals surface area contributed by atoms with Crippen molar-refractivity contribution < 1.29 is 5.11 Å². The molecule has 0 aliphatic rings. The SMILES string of the molecule is Cc1cc(Cl)cc2c(=O)n(CC(C)(C)CO)cnc12. The van der Waals surface area contributed by atoms with Gasteiger partial charge in [0.05, 0.1) is 17.2 Å². The second-order valence-electron chi connectivity index (χ2n) is 5.62. The van der Waals surface area contributed by atoms with Gasteiger partial charge in [0.25, 0.3) is 5.56 Å². The van der Waals surface area contributed by atoms with Crippen molar-refractivity contribution in [3.63, 3.8) is 0 Å². The molecule has 2 aromatic rings. The number of aromatic nitrogens is 2. The molecule has 0 amide bonds.